The van der Waals surface area contributed by atoms with E-state index in [0.717, 1.165) is 5.69 Å². The first-order valence-electron chi connectivity index (χ1n) is 3.00. The van der Waals surface area contributed by atoms with Crippen molar-refractivity contribution in [1.29, 1.82) is 0 Å². The van der Waals surface area contributed by atoms with Crippen molar-refractivity contribution in [2.24, 2.45) is 0 Å². The van der Waals surface area contributed by atoms with Crippen LogP contribution in [-0.2, 0) is 4.79 Å². The van der Waals surface area contributed by atoms with Gasteiger partial charge in [-0.25, -0.2) is 0 Å². The zero-order chi connectivity index (χ0) is 8.27. The third kappa shape index (κ3) is 2.23. The molecule has 0 fully saturated rings. The Morgan fingerprint density at radius 3 is 3.09 bits per heavy atom. The topological polar surface area (TPSA) is 55.1 Å². The molecule has 0 saturated carbocycles. The SMILES string of the molecule is Cc1coc(NC(=O)CCl)n1. The molecule has 0 unspecified atom stereocenters. The van der Waals surface area contributed by atoms with Gasteiger partial charge in [-0.3, -0.25) is 10.1 Å². The van der Waals surface area contributed by atoms with Crippen LogP contribution in [0.1, 0.15) is 5.69 Å². The Balaban J connectivity index is 2.57. The highest BCUT2D eigenvalue weighted by atomic mass is 35.5. The van der Waals surface area contributed by atoms with Gasteiger partial charge in [0, 0.05) is 0 Å². The molecule has 1 N–H and O–H groups in total. The van der Waals surface area contributed by atoms with Crippen molar-refractivity contribution >= 4 is 23.5 Å². The molecule has 1 amide bonds. The molecule has 0 radical (unpaired) electrons. The number of alkyl halides is 1. The van der Waals surface area contributed by atoms with Gasteiger partial charge in [0.15, 0.2) is 0 Å². The fourth-order valence-corrected chi connectivity index (χ4v) is 0.631. The summed E-state index contributed by atoms with van der Waals surface area (Å²) in [5, 5.41) is 2.36. The van der Waals surface area contributed by atoms with Gasteiger partial charge < -0.3 is 4.42 Å². The Morgan fingerprint density at radius 1 is 1.91 bits per heavy atom. The molecule has 1 rings (SSSR count). The number of nitrogens with zero attached hydrogens (tertiary/aromatic N) is 1. The fourth-order valence-electron chi connectivity index (χ4n) is 0.564. The number of oxazole rings is 1. The number of hydrogen-bond acceptors (Lipinski definition) is 3. The van der Waals surface area contributed by atoms with E-state index >= 15 is 0 Å². The van der Waals surface area contributed by atoms with Gasteiger partial charge in [-0.15, -0.1) is 11.6 Å². The van der Waals surface area contributed by atoms with Crippen LogP contribution in [0.2, 0.25) is 0 Å². The molecule has 0 saturated heterocycles. The molecule has 60 valence electrons. The monoisotopic (exact) mass is 174 g/mol. The molecule has 4 nitrogen and oxygen atoms in total. The summed E-state index contributed by atoms with van der Waals surface area (Å²) in [4.78, 5) is 14.5. The van der Waals surface area contributed by atoms with Crippen molar-refractivity contribution in [1.82, 2.24) is 4.98 Å². The Bertz CT molecular complexity index is 259. The quantitative estimate of drug-likeness (QED) is 0.685. The number of rotatable bonds is 2. The van der Waals surface area contributed by atoms with Crippen molar-refractivity contribution in [2.75, 3.05) is 11.2 Å². The maximum atomic E-state index is 10.6. The van der Waals surface area contributed by atoms with Crippen molar-refractivity contribution in [2.45, 2.75) is 6.92 Å². The Labute approximate surface area is 68.6 Å². The van der Waals surface area contributed by atoms with E-state index in [1.807, 2.05) is 0 Å². The van der Waals surface area contributed by atoms with Gasteiger partial charge in [-0.2, -0.15) is 4.98 Å². The van der Waals surface area contributed by atoms with Crippen molar-refractivity contribution in [3.63, 3.8) is 0 Å². The maximum absolute atomic E-state index is 10.6. The summed E-state index contributed by atoms with van der Waals surface area (Å²) in [7, 11) is 0. The highest BCUT2D eigenvalue weighted by molar-refractivity contribution is 6.28. The first-order valence-corrected chi connectivity index (χ1v) is 3.54. The van der Waals surface area contributed by atoms with E-state index in [4.69, 9.17) is 16.0 Å². The second-order valence-electron chi connectivity index (χ2n) is 1.98. The van der Waals surface area contributed by atoms with E-state index in [1.165, 1.54) is 6.26 Å². The van der Waals surface area contributed by atoms with Crippen molar-refractivity contribution in [3.8, 4) is 0 Å². The molecule has 0 spiro atoms. The van der Waals surface area contributed by atoms with E-state index in [9.17, 15) is 4.79 Å². The molecule has 0 atom stereocenters. The predicted molar refractivity (Wildman–Crippen MR) is 40.6 cm³/mol. The first kappa shape index (κ1) is 8.07. The molecule has 0 bridgehead atoms. The number of aromatic nitrogens is 1. The summed E-state index contributed by atoms with van der Waals surface area (Å²) in [5.74, 6) is -0.421. The average Bonchev–Trinajstić information content (AvgIpc) is 2.35. The lowest BCUT2D eigenvalue weighted by molar-refractivity contribution is -0.114. The summed E-state index contributed by atoms with van der Waals surface area (Å²) in [6, 6.07) is 0.188. The van der Waals surface area contributed by atoms with E-state index in [2.05, 4.69) is 10.3 Å². The molecule has 0 aromatic carbocycles. The fraction of sp³-hybridized carbons (Fsp3) is 0.333. The Kier molecular flexibility index (Phi) is 2.48. The van der Waals surface area contributed by atoms with Gasteiger partial charge in [-0.1, -0.05) is 0 Å². The summed E-state index contributed by atoms with van der Waals surface area (Å²) < 4.78 is 4.84. The van der Waals surface area contributed by atoms with E-state index < -0.39 is 0 Å². The zero-order valence-corrected chi connectivity index (χ0v) is 6.68. The van der Waals surface area contributed by atoms with Gasteiger partial charge in [0.25, 0.3) is 0 Å². The van der Waals surface area contributed by atoms with Crippen LogP contribution in [0.15, 0.2) is 10.7 Å². The maximum Gasteiger partial charge on any atom is 0.301 e. The first-order chi connectivity index (χ1) is 5.22. The normalized spacial score (nSPS) is 9.64. The van der Waals surface area contributed by atoms with Gasteiger partial charge in [0.05, 0.1) is 5.69 Å². The van der Waals surface area contributed by atoms with E-state index in [0.29, 0.717) is 0 Å². The molecule has 1 aromatic heterocycles. The van der Waals surface area contributed by atoms with Crippen LogP contribution in [0.3, 0.4) is 0 Å². The minimum Gasteiger partial charge on any atom is -0.432 e. The van der Waals surface area contributed by atoms with Gasteiger partial charge >= 0.3 is 6.01 Å². The van der Waals surface area contributed by atoms with E-state index in [-0.39, 0.29) is 17.8 Å². The lowest BCUT2D eigenvalue weighted by Gasteiger charge is -1.93. The molecule has 0 aliphatic carbocycles. The van der Waals surface area contributed by atoms with Crippen LogP contribution >= 0.6 is 11.6 Å². The number of halogens is 1. The second kappa shape index (κ2) is 3.39. The summed E-state index contributed by atoms with van der Waals surface area (Å²) in [6.45, 7) is 1.76. The number of nitrogens with one attached hydrogen (secondary N) is 1. The van der Waals surface area contributed by atoms with Crippen LogP contribution in [0.25, 0.3) is 0 Å². The van der Waals surface area contributed by atoms with Gasteiger partial charge in [0.1, 0.15) is 12.1 Å². The van der Waals surface area contributed by atoms with Gasteiger partial charge in [0.2, 0.25) is 5.91 Å². The lowest BCUT2D eigenvalue weighted by Crippen LogP contribution is -2.12. The minimum atomic E-state index is -0.325. The van der Waals surface area contributed by atoms with Crippen LogP contribution in [0.4, 0.5) is 6.01 Å². The minimum absolute atomic E-state index is 0.0958. The highest BCUT2D eigenvalue weighted by Gasteiger charge is 2.03. The standard InChI is InChI=1S/C6H7ClN2O2/c1-4-3-11-6(8-4)9-5(10)2-7/h3H,2H2,1H3,(H,8,9,10). The van der Waals surface area contributed by atoms with Crippen molar-refractivity contribution < 1.29 is 9.21 Å². The molecule has 0 aliphatic rings. The van der Waals surface area contributed by atoms with E-state index in [1.54, 1.807) is 6.92 Å². The highest BCUT2D eigenvalue weighted by Crippen LogP contribution is 2.05. The third-order valence-electron chi connectivity index (χ3n) is 0.987. The largest absolute Gasteiger partial charge is 0.432 e. The van der Waals surface area contributed by atoms with Crippen molar-refractivity contribution in [3.05, 3.63) is 12.0 Å². The molecule has 0 aliphatic heterocycles. The van der Waals surface area contributed by atoms with Crippen LogP contribution in [-0.4, -0.2) is 16.8 Å². The second-order valence-corrected chi connectivity index (χ2v) is 2.24. The van der Waals surface area contributed by atoms with Crippen LogP contribution in [0, 0.1) is 6.92 Å². The third-order valence-corrected chi connectivity index (χ3v) is 1.23. The molecule has 11 heavy (non-hydrogen) atoms. The molecule has 1 heterocycles. The van der Waals surface area contributed by atoms with Crippen LogP contribution in [0.5, 0.6) is 0 Å². The average molecular weight is 175 g/mol. The molecular weight excluding hydrogens is 168 g/mol. The Hall–Kier alpha value is -1.03. The van der Waals surface area contributed by atoms with Gasteiger partial charge in [-0.05, 0) is 6.92 Å². The molecular formula is C6H7ClN2O2. The summed E-state index contributed by atoms with van der Waals surface area (Å²) in [5.41, 5.74) is 0.717. The number of carbonyl (C=O) groups is 1. The molecule has 5 heteroatoms. The Morgan fingerprint density at radius 2 is 2.64 bits per heavy atom. The van der Waals surface area contributed by atoms with Crippen LogP contribution < -0.4 is 5.32 Å². The summed E-state index contributed by atoms with van der Waals surface area (Å²) >= 11 is 5.23. The lowest BCUT2D eigenvalue weighted by atomic mass is 10.6. The number of hydrogen-bond donors (Lipinski definition) is 1. The number of carbonyl (C=O) groups excluding carboxylic acids is 1. The number of amides is 1. The summed E-state index contributed by atoms with van der Waals surface area (Å²) in [6.07, 6.45) is 1.45. The smallest absolute Gasteiger partial charge is 0.301 e. The number of anilines is 1. The zero-order valence-electron chi connectivity index (χ0n) is 5.93. The number of aryl methyl sites for hydroxylation is 1. The predicted octanol–water partition coefficient (Wildman–Crippen LogP) is 1.16. The molecule has 1 aromatic rings.